The number of aryl methyl sites for hydroxylation is 1. The fourth-order valence-electron chi connectivity index (χ4n) is 2.71. The number of fused-ring (bicyclic) bond motifs is 1. The molecule has 1 aromatic carbocycles. The van der Waals surface area contributed by atoms with Crippen LogP contribution in [0.15, 0.2) is 41.8 Å². The summed E-state index contributed by atoms with van der Waals surface area (Å²) in [5.74, 6) is 0.955. The van der Waals surface area contributed by atoms with Gasteiger partial charge in [0, 0.05) is 17.8 Å². The maximum absolute atomic E-state index is 10.8. The minimum Gasteiger partial charge on any atom is -0.384 e. The van der Waals surface area contributed by atoms with Crippen LogP contribution in [0.4, 0.5) is 0 Å². The lowest BCUT2D eigenvalue weighted by atomic mass is 10.00. The molecule has 4 heteroatoms. The van der Waals surface area contributed by atoms with Crippen LogP contribution in [0.3, 0.4) is 0 Å². The number of aromatic nitrogens is 2. The molecule has 2 aromatic heterocycles. The molecule has 0 aliphatic carbocycles. The number of nitrogens with zero attached hydrogens (tertiary/aromatic N) is 2. The molecule has 21 heavy (non-hydrogen) atoms. The highest BCUT2D eigenvalue weighted by Gasteiger charge is 2.27. The van der Waals surface area contributed by atoms with E-state index in [1.54, 1.807) is 11.3 Å². The van der Waals surface area contributed by atoms with Crippen molar-refractivity contribution in [2.24, 2.45) is 0 Å². The van der Waals surface area contributed by atoms with Crippen molar-refractivity contribution in [3.05, 3.63) is 52.5 Å². The molecule has 0 saturated heterocycles. The van der Waals surface area contributed by atoms with Crippen LogP contribution < -0.4 is 0 Å². The highest BCUT2D eigenvalue weighted by Crippen LogP contribution is 2.30. The third kappa shape index (κ3) is 2.74. The first-order valence-corrected chi connectivity index (χ1v) is 8.20. The zero-order valence-electron chi connectivity index (χ0n) is 12.4. The van der Waals surface area contributed by atoms with Gasteiger partial charge >= 0.3 is 0 Å². The summed E-state index contributed by atoms with van der Waals surface area (Å²) in [6.45, 7) is 4.96. The molecule has 1 N–H and O–H groups in total. The van der Waals surface area contributed by atoms with E-state index in [4.69, 9.17) is 4.98 Å². The van der Waals surface area contributed by atoms with Crippen LogP contribution in [0.1, 0.15) is 31.0 Å². The van der Waals surface area contributed by atoms with Gasteiger partial charge in [-0.15, -0.1) is 11.3 Å². The molecular formula is C17H20N2OS. The van der Waals surface area contributed by atoms with Crippen LogP contribution in [0.25, 0.3) is 11.0 Å². The van der Waals surface area contributed by atoms with E-state index in [0.717, 1.165) is 34.7 Å². The Bertz CT molecular complexity index is 728. The molecule has 0 spiro atoms. The van der Waals surface area contributed by atoms with E-state index in [-0.39, 0.29) is 0 Å². The van der Waals surface area contributed by atoms with Crippen molar-refractivity contribution in [1.82, 2.24) is 9.55 Å². The Morgan fingerprint density at radius 2 is 2.05 bits per heavy atom. The predicted octanol–water partition coefficient (Wildman–Crippen LogP) is 3.96. The number of benzene rings is 1. The summed E-state index contributed by atoms with van der Waals surface area (Å²) in [6, 6.07) is 12.1. The van der Waals surface area contributed by atoms with Crippen LogP contribution >= 0.6 is 11.3 Å². The fraction of sp³-hybridized carbons (Fsp3) is 0.353. The number of rotatable bonds is 5. The SMILES string of the molecule is CCCn1c(CC(C)(O)c2cccs2)nc2ccccc21. The summed E-state index contributed by atoms with van der Waals surface area (Å²) in [5.41, 5.74) is 1.28. The number of hydrogen-bond donors (Lipinski definition) is 1. The average molecular weight is 300 g/mol. The van der Waals surface area contributed by atoms with Gasteiger partial charge in [0.2, 0.25) is 0 Å². The van der Waals surface area contributed by atoms with Crippen LogP contribution in [-0.4, -0.2) is 14.7 Å². The summed E-state index contributed by atoms with van der Waals surface area (Å²) < 4.78 is 2.23. The maximum Gasteiger partial charge on any atom is 0.113 e. The van der Waals surface area contributed by atoms with E-state index in [0.29, 0.717) is 6.42 Å². The molecule has 0 amide bonds. The lowest BCUT2D eigenvalue weighted by molar-refractivity contribution is 0.0585. The van der Waals surface area contributed by atoms with Crippen molar-refractivity contribution in [1.29, 1.82) is 0 Å². The average Bonchev–Trinajstić information content (AvgIpc) is 3.08. The topological polar surface area (TPSA) is 38.0 Å². The zero-order chi connectivity index (χ0) is 14.9. The Labute approximate surface area is 128 Å². The second-order valence-corrected chi connectivity index (χ2v) is 6.54. The lowest BCUT2D eigenvalue weighted by Crippen LogP contribution is -2.25. The molecule has 1 unspecified atom stereocenters. The van der Waals surface area contributed by atoms with Crippen LogP contribution in [0.5, 0.6) is 0 Å². The Morgan fingerprint density at radius 1 is 1.24 bits per heavy atom. The first kappa shape index (κ1) is 14.3. The Hall–Kier alpha value is -1.65. The van der Waals surface area contributed by atoms with Gasteiger partial charge < -0.3 is 9.67 Å². The molecule has 0 aliphatic heterocycles. The van der Waals surface area contributed by atoms with Gasteiger partial charge in [-0.05, 0) is 36.9 Å². The van der Waals surface area contributed by atoms with Crippen molar-refractivity contribution in [2.75, 3.05) is 0 Å². The highest BCUT2D eigenvalue weighted by atomic mass is 32.1. The van der Waals surface area contributed by atoms with Crippen LogP contribution in [0.2, 0.25) is 0 Å². The lowest BCUT2D eigenvalue weighted by Gasteiger charge is -2.22. The second kappa shape index (κ2) is 5.62. The van der Waals surface area contributed by atoms with Gasteiger partial charge in [-0.3, -0.25) is 0 Å². The molecular weight excluding hydrogens is 280 g/mol. The smallest absolute Gasteiger partial charge is 0.113 e. The third-order valence-electron chi connectivity index (χ3n) is 3.74. The van der Waals surface area contributed by atoms with Crippen molar-refractivity contribution >= 4 is 22.4 Å². The number of aliphatic hydroxyl groups is 1. The minimum atomic E-state index is -0.874. The fourth-order valence-corrected chi connectivity index (χ4v) is 3.50. The maximum atomic E-state index is 10.8. The highest BCUT2D eigenvalue weighted by molar-refractivity contribution is 7.10. The first-order chi connectivity index (χ1) is 10.1. The van der Waals surface area contributed by atoms with E-state index in [2.05, 4.69) is 17.6 Å². The number of thiophene rings is 1. The third-order valence-corrected chi connectivity index (χ3v) is 4.86. The van der Waals surface area contributed by atoms with E-state index < -0.39 is 5.60 Å². The monoisotopic (exact) mass is 300 g/mol. The first-order valence-electron chi connectivity index (χ1n) is 7.32. The summed E-state index contributed by atoms with van der Waals surface area (Å²) in [4.78, 5) is 5.72. The van der Waals surface area contributed by atoms with Gasteiger partial charge in [-0.1, -0.05) is 25.1 Å². The Balaban J connectivity index is 2.02. The predicted molar refractivity (Wildman–Crippen MR) is 87.6 cm³/mol. The van der Waals surface area contributed by atoms with Gasteiger partial charge in [0.1, 0.15) is 11.4 Å². The Morgan fingerprint density at radius 3 is 2.76 bits per heavy atom. The molecule has 0 radical (unpaired) electrons. The number of hydrogen-bond acceptors (Lipinski definition) is 3. The minimum absolute atomic E-state index is 0.530. The van der Waals surface area contributed by atoms with Crippen LogP contribution in [0, 0.1) is 0 Å². The molecule has 0 saturated carbocycles. The van der Waals surface area contributed by atoms with Crippen LogP contribution in [-0.2, 0) is 18.6 Å². The molecule has 110 valence electrons. The molecule has 0 bridgehead atoms. The molecule has 3 rings (SSSR count). The summed E-state index contributed by atoms with van der Waals surface area (Å²) in [6.07, 6.45) is 1.58. The van der Waals surface area contributed by atoms with Crippen molar-refractivity contribution in [2.45, 2.75) is 38.8 Å². The van der Waals surface area contributed by atoms with Gasteiger partial charge in [-0.2, -0.15) is 0 Å². The van der Waals surface area contributed by atoms with E-state index in [1.807, 2.05) is 42.6 Å². The van der Waals surface area contributed by atoms with E-state index in [9.17, 15) is 5.11 Å². The number of para-hydroxylation sites is 2. The standard InChI is InChI=1S/C17H20N2OS/c1-3-10-19-14-8-5-4-7-13(14)18-16(19)12-17(2,20)15-9-6-11-21-15/h4-9,11,20H,3,10,12H2,1-2H3. The van der Waals surface area contributed by atoms with Crippen molar-refractivity contribution < 1.29 is 5.11 Å². The Kier molecular flexibility index (Phi) is 3.83. The van der Waals surface area contributed by atoms with E-state index >= 15 is 0 Å². The van der Waals surface area contributed by atoms with Gasteiger partial charge in [0.25, 0.3) is 0 Å². The summed E-state index contributed by atoms with van der Waals surface area (Å²) in [5, 5.41) is 12.8. The summed E-state index contributed by atoms with van der Waals surface area (Å²) >= 11 is 1.59. The molecule has 1 atom stereocenters. The zero-order valence-corrected chi connectivity index (χ0v) is 13.2. The normalized spacial score (nSPS) is 14.4. The van der Waals surface area contributed by atoms with E-state index in [1.165, 1.54) is 0 Å². The quantitative estimate of drug-likeness (QED) is 0.774. The summed E-state index contributed by atoms with van der Waals surface area (Å²) in [7, 11) is 0. The molecule has 3 aromatic rings. The van der Waals surface area contributed by atoms with Gasteiger partial charge in [-0.25, -0.2) is 4.98 Å². The number of imidazole rings is 1. The second-order valence-electron chi connectivity index (χ2n) is 5.60. The molecule has 3 nitrogen and oxygen atoms in total. The van der Waals surface area contributed by atoms with Crippen molar-refractivity contribution in [3.63, 3.8) is 0 Å². The molecule has 0 aliphatic rings. The molecule has 0 fully saturated rings. The van der Waals surface area contributed by atoms with Gasteiger partial charge in [0.15, 0.2) is 0 Å². The van der Waals surface area contributed by atoms with Gasteiger partial charge in [0.05, 0.1) is 11.0 Å². The largest absolute Gasteiger partial charge is 0.384 e. The van der Waals surface area contributed by atoms with Crippen molar-refractivity contribution in [3.8, 4) is 0 Å². The molecule has 2 heterocycles.